The third-order valence-electron chi connectivity index (χ3n) is 5.71. The molecule has 2 saturated carbocycles. The lowest BCUT2D eigenvalue weighted by Gasteiger charge is -2.11. The predicted octanol–water partition coefficient (Wildman–Crippen LogP) is 3.16. The Hall–Kier alpha value is -2.24. The Kier molecular flexibility index (Phi) is 2.87. The van der Waals surface area contributed by atoms with Crippen LogP contribution in [-0.4, -0.2) is 20.7 Å². The number of carbonyl (C=O) groups is 1. The van der Waals surface area contributed by atoms with Gasteiger partial charge < -0.3 is 9.88 Å². The van der Waals surface area contributed by atoms with Crippen LogP contribution in [0, 0.1) is 17.2 Å². The number of hydrogen-bond donors (Lipinski definition) is 1. The summed E-state index contributed by atoms with van der Waals surface area (Å²) >= 11 is 0. The van der Waals surface area contributed by atoms with Gasteiger partial charge in [0.15, 0.2) is 5.82 Å². The number of fused-ring (bicyclic) bond motifs is 2. The zero-order chi connectivity index (χ0) is 16.3. The molecule has 0 saturated heterocycles. The predicted molar refractivity (Wildman–Crippen MR) is 86.8 cm³/mol. The van der Waals surface area contributed by atoms with Crippen molar-refractivity contribution in [2.24, 2.45) is 11.3 Å². The number of aryl methyl sites for hydroxylation is 1. The molecule has 24 heavy (non-hydrogen) atoms. The summed E-state index contributed by atoms with van der Waals surface area (Å²) in [5, 5.41) is 11.4. The highest BCUT2D eigenvalue weighted by atomic mass is 19.1. The van der Waals surface area contributed by atoms with Gasteiger partial charge in [-0.05, 0) is 49.8 Å². The van der Waals surface area contributed by atoms with Gasteiger partial charge in [0.2, 0.25) is 5.91 Å². The number of nitrogens with zero attached hydrogens (tertiary/aromatic N) is 3. The van der Waals surface area contributed by atoms with Crippen molar-refractivity contribution in [3.8, 4) is 11.4 Å². The van der Waals surface area contributed by atoms with E-state index >= 15 is 0 Å². The van der Waals surface area contributed by atoms with Gasteiger partial charge in [-0.1, -0.05) is 6.42 Å². The highest BCUT2D eigenvalue weighted by Gasteiger charge is 2.74. The van der Waals surface area contributed by atoms with Gasteiger partial charge in [-0.25, -0.2) is 4.39 Å². The van der Waals surface area contributed by atoms with E-state index in [0.717, 1.165) is 50.9 Å². The second kappa shape index (κ2) is 4.88. The number of anilines is 1. The molecule has 5 nitrogen and oxygen atoms in total. The van der Waals surface area contributed by atoms with E-state index < -0.39 is 0 Å². The fourth-order valence-corrected chi connectivity index (χ4v) is 3.79. The van der Waals surface area contributed by atoms with Crippen LogP contribution in [0.5, 0.6) is 0 Å². The van der Waals surface area contributed by atoms with Crippen LogP contribution >= 0.6 is 0 Å². The number of hydrogen-bond acceptors (Lipinski definition) is 3. The van der Waals surface area contributed by atoms with Crippen LogP contribution in [0.4, 0.5) is 10.1 Å². The Morgan fingerprint density at radius 3 is 2.88 bits per heavy atom. The van der Waals surface area contributed by atoms with Gasteiger partial charge in [0, 0.05) is 18.7 Å². The van der Waals surface area contributed by atoms with Gasteiger partial charge in [-0.15, -0.1) is 10.2 Å². The van der Waals surface area contributed by atoms with Crippen molar-refractivity contribution in [1.82, 2.24) is 14.8 Å². The number of halogens is 1. The van der Waals surface area contributed by atoms with Crippen LogP contribution in [0.1, 0.15) is 37.9 Å². The molecule has 2 fully saturated rings. The van der Waals surface area contributed by atoms with Crippen molar-refractivity contribution in [2.45, 2.75) is 45.1 Å². The normalized spacial score (nSPS) is 27.0. The van der Waals surface area contributed by atoms with Crippen LogP contribution < -0.4 is 5.32 Å². The van der Waals surface area contributed by atoms with Crippen molar-refractivity contribution >= 4 is 11.6 Å². The molecular formula is C18H19FN4O. The van der Waals surface area contributed by atoms with E-state index in [1.165, 1.54) is 6.07 Å². The Morgan fingerprint density at radius 1 is 1.25 bits per heavy atom. The van der Waals surface area contributed by atoms with E-state index in [-0.39, 0.29) is 17.1 Å². The number of rotatable bonds is 3. The molecule has 0 radical (unpaired) electrons. The summed E-state index contributed by atoms with van der Waals surface area (Å²) in [5.41, 5.74) is 0.948. The van der Waals surface area contributed by atoms with Gasteiger partial charge in [0.1, 0.15) is 11.6 Å². The Labute approximate surface area is 139 Å². The molecular weight excluding hydrogens is 307 g/mol. The molecule has 3 aliphatic rings. The smallest absolute Gasteiger partial charge is 0.230 e. The van der Waals surface area contributed by atoms with E-state index in [2.05, 4.69) is 15.5 Å². The van der Waals surface area contributed by atoms with E-state index in [0.29, 0.717) is 23.0 Å². The topological polar surface area (TPSA) is 59.8 Å². The summed E-state index contributed by atoms with van der Waals surface area (Å²) in [6.45, 7) is 0.818. The van der Waals surface area contributed by atoms with Gasteiger partial charge >= 0.3 is 0 Å². The van der Waals surface area contributed by atoms with E-state index in [4.69, 9.17) is 0 Å². The maximum absolute atomic E-state index is 14.4. The molecule has 1 N–H and O–H groups in total. The minimum Gasteiger partial charge on any atom is -0.326 e. The quantitative estimate of drug-likeness (QED) is 0.942. The Morgan fingerprint density at radius 2 is 2.08 bits per heavy atom. The lowest BCUT2D eigenvalue weighted by Crippen LogP contribution is -2.18. The number of carbonyl (C=O) groups excluding carboxylic acids is 1. The highest BCUT2D eigenvalue weighted by Crippen LogP contribution is 2.75. The second-order valence-electron chi connectivity index (χ2n) is 7.31. The van der Waals surface area contributed by atoms with Crippen LogP contribution in [0.15, 0.2) is 18.2 Å². The lowest BCUT2D eigenvalue weighted by atomic mass is 10.1. The first-order valence-corrected chi connectivity index (χ1v) is 8.71. The first kappa shape index (κ1) is 14.1. The van der Waals surface area contributed by atoms with Crippen molar-refractivity contribution in [3.05, 3.63) is 29.8 Å². The van der Waals surface area contributed by atoms with E-state index in [1.807, 2.05) is 4.57 Å². The Bertz CT molecular complexity index is 838. The molecule has 124 valence electrons. The fourth-order valence-electron chi connectivity index (χ4n) is 3.79. The molecule has 1 aromatic carbocycles. The fraction of sp³-hybridized carbons (Fsp3) is 0.500. The minimum absolute atomic E-state index is 0.0742. The van der Waals surface area contributed by atoms with E-state index in [9.17, 15) is 9.18 Å². The standard InChI is InChI=1S/C18H19FN4O/c19-14-6-5-12(20-17(24)18-9-11(18)10-18)8-13(14)16-22-21-15-4-2-1-3-7-23(15)16/h5-6,8,11H,1-4,7,9-10H2,(H,20,24). The van der Waals surface area contributed by atoms with Crippen LogP contribution in [0.2, 0.25) is 0 Å². The van der Waals surface area contributed by atoms with E-state index in [1.54, 1.807) is 12.1 Å². The molecule has 0 spiro atoms. The lowest BCUT2D eigenvalue weighted by molar-refractivity contribution is -0.119. The average Bonchev–Trinajstić information content (AvgIpc) is 3.41. The average molecular weight is 326 g/mol. The maximum Gasteiger partial charge on any atom is 0.230 e. The monoisotopic (exact) mass is 326 g/mol. The zero-order valence-corrected chi connectivity index (χ0v) is 13.4. The summed E-state index contributed by atoms with van der Waals surface area (Å²) in [5.74, 6) is 1.82. The first-order chi connectivity index (χ1) is 11.7. The Balaban J connectivity index is 1.48. The summed E-state index contributed by atoms with van der Waals surface area (Å²) in [4.78, 5) is 12.3. The SMILES string of the molecule is O=C(Nc1ccc(F)c(-c2nnc3n2CCCCC3)c1)C12CC1C2. The minimum atomic E-state index is -0.332. The molecule has 1 aromatic heterocycles. The van der Waals surface area contributed by atoms with Crippen molar-refractivity contribution in [1.29, 1.82) is 0 Å². The summed E-state index contributed by atoms with van der Waals surface area (Å²) in [6, 6.07) is 4.71. The molecule has 6 heteroatoms. The largest absolute Gasteiger partial charge is 0.326 e. The van der Waals surface area contributed by atoms with Gasteiger partial charge in [0.25, 0.3) is 0 Å². The third-order valence-corrected chi connectivity index (χ3v) is 5.71. The number of amides is 1. The molecule has 2 heterocycles. The molecule has 0 bridgehead atoms. The second-order valence-corrected chi connectivity index (χ2v) is 7.31. The highest BCUT2D eigenvalue weighted by molar-refractivity contribution is 6.00. The van der Waals surface area contributed by atoms with Crippen LogP contribution in [0.3, 0.4) is 0 Å². The number of nitrogens with one attached hydrogen (secondary N) is 1. The molecule has 1 amide bonds. The number of benzene rings is 1. The van der Waals surface area contributed by atoms with Gasteiger partial charge in [-0.2, -0.15) is 0 Å². The maximum atomic E-state index is 14.4. The summed E-state index contributed by atoms with van der Waals surface area (Å²) in [7, 11) is 0. The third kappa shape index (κ3) is 2.08. The first-order valence-electron chi connectivity index (χ1n) is 8.71. The molecule has 0 atom stereocenters. The van der Waals surface area contributed by atoms with Gasteiger partial charge in [0.05, 0.1) is 11.0 Å². The molecule has 0 unspecified atom stereocenters. The molecule has 5 rings (SSSR count). The molecule has 2 aliphatic carbocycles. The molecule has 2 aromatic rings. The summed E-state index contributed by atoms with van der Waals surface area (Å²) < 4.78 is 16.4. The zero-order valence-electron chi connectivity index (χ0n) is 13.4. The molecule has 1 aliphatic heterocycles. The van der Waals surface area contributed by atoms with Crippen molar-refractivity contribution in [3.63, 3.8) is 0 Å². The van der Waals surface area contributed by atoms with Crippen LogP contribution in [-0.2, 0) is 17.8 Å². The van der Waals surface area contributed by atoms with Crippen molar-refractivity contribution in [2.75, 3.05) is 5.32 Å². The van der Waals surface area contributed by atoms with Gasteiger partial charge in [-0.3, -0.25) is 4.79 Å². The van der Waals surface area contributed by atoms with Crippen molar-refractivity contribution < 1.29 is 9.18 Å². The number of aromatic nitrogens is 3. The summed E-state index contributed by atoms with van der Waals surface area (Å²) in [6.07, 6.45) is 6.20. The van der Waals surface area contributed by atoms with Crippen LogP contribution in [0.25, 0.3) is 11.4 Å².